The predicted octanol–water partition coefficient (Wildman–Crippen LogP) is 2.39. The van der Waals surface area contributed by atoms with Gasteiger partial charge in [-0.3, -0.25) is 0 Å². The zero-order valence-electron chi connectivity index (χ0n) is 8.60. The molecule has 3 aliphatic carbocycles. The Morgan fingerprint density at radius 3 is 2.53 bits per heavy atom. The van der Waals surface area contributed by atoms with Crippen molar-refractivity contribution in [1.82, 2.24) is 0 Å². The molecule has 78 valence electrons. The van der Waals surface area contributed by atoms with E-state index in [1.807, 2.05) is 0 Å². The summed E-state index contributed by atoms with van der Waals surface area (Å²) in [5, 5.41) is 16.1. The number of allylic oxidation sites excluding steroid dienone is 2. The van der Waals surface area contributed by atoms with E-state index < -0.39 is 0 Å². The van der Waals surface area contributed by atoms with E-state index >= 15 is 0 Å². The molecule has 15 heavy (non-hydrogen) atoms. The Hall–Kier alpha value is -1.12. The van der Waals surface area contributed by atoms with Crippen LogP contribution in [-0.4, -0.2) is 16.9 Å². The summed E-state index contributed by atoms with van der Waals surface area (Å²) in [6.45, 7) is 0. The molecule has 4 atom stereocenters. The summed E-state index contributed by atoms with van der Waals surface area (Å²) in [5.74, 6) is 0. The van der Waals surface area contributed by atoms with Gasteiger partial charge >= 0.3 is 0 Å². The Kier molecular flexibility index (Phi) is 1.17. The van der Waals surface area contributed by atoms with Gasteiger partial charge in [0.1, 0.15) is 6.04 Å². The molecule has 0 aromatic heterocycles. The lowest BCUT2D eigenvalue weighted by atomic mass is 9.39. The average molecular weight is 202 g/mol. The molecule has 0 radical (unpaired) electrons. The van der Waals surface area contributed by atoms with Crippen LogP contribution in [0, 0.1) is 16.0 Å². The van der Waals surface area contributed by atoms with E-state index in [1.165, 1.54) is 12.8 Å². The van der Waals surface area contributed by atoms with Crippen LogP contribution < -0.4 is 0 Å². The maximum Gasteiger partial charge on any atom is 0.199 e. The van der Waals surface area contributed by atoms with E-state index in [9.17, 15) is 5.21 Å². The lowest BCUT2D eigenvalue weighted by Crippen LogP contribution is -2.69. The highest BCUT2D eigenvalue weighted by Crippen LogP contribution is 2.70. The molecule has 0 spiro atoms. The molecule has 2 unspecified atom stereocenters. The Morgan fingerprint density at radius 2 is 1.87 bits per heavy atom. The van der Waals surface area contributed by atoms with Gasteiger partial charge in [0, 0.05) is 11.8 Å². The summed E-state index contributed by atoms with van der Waals surface area (Å²) in [5.41, 5.74) is 0.347. The number of fused-ring (bicyclic) bond motifs is 1. The van der Waals surface area contributed by atoms with E-state index in [1.54, 1.807) is 0 Å². The van der Waals surface area contributed by atoms with Crippen LogP contribution in [-0.2, 0) is 0 Å². The van der Waals surface area contributed by atoms with Crippen molar-refractivity contribution in [3.8, 4) is 0 Å². The van der Waals surface area contributed by atoms with Crippen molar-refractivity contribution in [2.24, 2.45) is 15.9 Å². The topological polar surface area (TPSA) is 38.4 Å². The average Bonchev–Trinajstić information content (AvgIpc) is 2.22. The third-order valence-corrected chi connectivity index (χ3v) is 5.14. The molecule has 0 aromatic rings. The summed E-state index contributed by atoms with van der Waals surface area (Å²) >= 11 is 0. The van der Waals surface area contributed by atoms with Crippen molar-refractivity contribution in [2.45, 2.75) is 37.8 Å². The molecule has 5 rings (SSSR count). The van der Waals surface area contributed by atoms with Gasteiger partial charge in [0.15, 0.2) is 6.04 Å². The number of rotatable bonds is 0. The van der Waals surface area contributed by atoms with Crippen molar-refractivity contribution < 1.29 is 4.86 Å². The minimum absolute atomic E-state index is 0.109. The highest BCUT2D eigenvalue weighted by atomic mass is 16.5. The molecule has 5 aliphatic rings. The van der Waals surface area contributed by atoms with Crippen LogP contribution in [0.3, 0.4) is 0 Å². The molecule has 0 amide bonds. The van der Waals surface area contributed by atoms with Gasteiger partial charge in [-0.15, -0.1) is 0 Å². The van der Waals surface area contributed by atoms with Crippen LogP contribution in [0.15, 0.2) is 29.4 Å². The van der Waals surface area contributed by atoms with Gasteiger partial charge in [-0.25, -0.2) is 0 Å². The number of hydrogen-bond acceptors (Lipinski definition) is 2. The smallest absolute Gasteiger partial charge is 0.199 e. The number of nitrogens with zero attached hydrogens (tertiary/aromatic N) is 2. The zero-order valence-corrected chi connectivity index (χ0v) is 8.60. The highest BCUT2D eigenvalue weighted by Gasteiger charge is 2.72. The number of azo groups is 1. The fourth-order valence-corrected chi connectivity index (χ4v) is 4.33. The molecule has 2 heterocycles. The fraction of sp³-hybridized carbons (Fsp3) is 0.667. The molecule has 0 N–H and O–H groups in total. The normalized spacial score (nSPS) is 54.3. The highest BCUT2D eigenvalue weighted by molar-refractivity contribution is 5.36. The zero-order chi connectivity index (χ0) is 10.1. The van der Waals surface area contributed by atoms with Gasteiger partial charge in [-0.05, 0) is 24.4 Å². The van der Waals surface area contributed by atoms with E-state index in [0.29, 0.717) is 0 Å². The summed E-state index contributed by atoms with van der Waals surface area (Å²) in [6, 6.07) is 0.354. The van der Waals surface area contributed by atoms with Crippen LogP contribution in [0.4, 0.5) is 0 Å². The number of hydroxylamine groups is 1. The fourth-order valence-electron chi connectivity index (χ4n) is 4.33. The Morgan fingerprint density at radius 1 is 1.13 bits per heavy atom. The van der Waals surface area contributed by atoms with Gasteiger partial charge in [0.2, 0.25) is 0 Å². The second-order valence-electron chi connectivity index (χ2n) is 5.33. The van der Waals surface area contributed by atoms with Gasteiger partial charge in [0.25, 0.3) is 0 Å². The maximum atomic E-state index is 11.8. The first-order chi connectivity index (χ1) is 7.29. The van der Waals surface area contributed by atoms with Crippen LogP contribution >= 0.6 is 0 Å². The van der Waals surface area contributed by atoms with Crippen molar-refractivity contribution in [1.29, 1.82) is 0 Å². The van der Waals surface area contributed by atoms with Crippen molar-refractivity contribution in [3.05, 3.63) is 29.5 Å². The second-order valence-corrected chi connectivity index (χ2v) is 5.33. The standard InChI is InChI=1S/C12H14N2O/c15-14-10-4-3-9(13-14)11-5-1-2-6-12(10,11)8-7-11/h1-2,5-6,9-10H,3-4,7-8H2/t9?,10-,11?,12+/m0/s1. The monoisotopic (exact) mass is 202 g/mol. The van der Waals surface area contributed by atoms with Gasteiger partial charge in [-0.1, -0.05) is 29.2 Å². The van der Waals surface area contributed by atoms with Crippen LogP contribution in [0.25, 0.3) is 0 Å². The molecular weight excluding hydrogens is 188 g/mol. The minimum Gasteiger partial charge on any atom is -0.600 e. The van der Waals surface area contributed by atoms with Gasteiger partial charge in [-0.2, -0.15) is 0 Å². The molecule has 2 bridgehead atoms. The Balaban J connectivity index is 1.97. The van der Waals surface area contributed by atoms with E-state index in [4.69, 9.17) is 0 Å². The lowest BCUT2D eigenvalue weighted by Gasteiger charge is -2.65. The molecule has 2 saturated carbocycles. The molecule has 0 saturated heterocycles. The molecule has 0 aromatic carbocycles. The second kappa shape index (κ2) is 2.18. The first kappa shape index (κ1) is 8.08. The summed E-state index contributed by atoms with van der Waals surface area (Å²) in [6.07, 6.45) is 13.4. The SMILES string of the molecule is [O-][N+]1=NC2CC[C@H]1[C@]13C=CC=CC21CC3. The number of hydrogen-bond donors (Lipinski definition) is 0. The summed E-state index contributed by atoms with van der Waals surface area (Å²) in [7, 11) is 0. The molecule has 3 heteroatoms. The minimum atomic E-state index is 0.109. The Bertz CT molecular complexity index is 425. The third kappa shape index (κ3) is 0.638. The predicted molar refractivity (Wildman–Crippen MR) is 55.2 cm³/mol. The van der Waals surface area contributed by atoms with Crippen LogP contribution in [0.5, 0.6) is 0 Å². The van der Waals surface area contributed by atoms with Crippen LogP contribution in [0.2, 0.25) is 0 Å². The molecule has 3 nitrogen and oxygen atoms in total. The molecular formula is C12H14N2O. The van der Waals surface area contributed by atoms with E-state index in [-0.39, 0.29) is 22.9 Å². The van der Waals surface area contributed by atoms with Crippen LogP contribution in [0.1, 0.15) is 25.7 Å². The maximum absolute atomic E-state index is 11.8. The Labute approximate surface area is 88.8 Å². The third-order valence-electron chi connectivity index (χ3n) is 5.14. The van der Waals surface area contributed by atoms with E-state index in [2.05, 4.69) is 29.4 Å². The summed E-state index contributed by atoms with van der Waals surface area (Å²) < 4.78 is 0. The largest absolute Gasteiger partial charge is 0.600 e. The van der Waals surface area contributed by atoms with Crippen molar-refractivity contribution in [2.75, 3.05) is 0 Å². The first-order valence-electron chi connectivity index (χ1n) is 5.83. The first-order valence-corrected chi connectivity index (χ1v) is 5.83. The van der Waals surface area contributed by atoms with Crippen molar-refractivity contribution >= 4 is 0 Å². The lowest BCUT2D eigenvalue weighted by molar-refractivity contribution is -0.622. The molecule has 2 fully saturated rings. The quantitative estimate of drug-likeness (QED) is 0.439. The summed E-state index contributed by atoms with van der Waals surface area (Å²) in [4.78, 5) is 1.01. The van der Waals surface area contributed by atoms with Gasteiger partial charge < -0.3 is 5.21 Å². The van der Waals surface area contributed by atoms with E-state index in [0.717, 1.165) is 17.7 Å². The van der Waals surface area contributed by atoms with Gasteiger partial charge in [0.05, 0.1) is 5.41 Å². The van der Waals surface area contributed by atoms with Crippen molar-refractivity contribution in [3.63, 3.8) is 0 Å². The molecule has 2 aliphatic heterocycles.